The number of hydrogen-bond donors (Lipinski definition) is 1. The molecule has 0 saturated carbocycles. The van der Waals surface area contributed by atoms with E-state index in [4.69, 9.17) is 4.52 Å². The number of aromatic nitrogens is 2. The predicted octanol–water partition coefficient (Wildman–Crippen LogP) is 2.02. The van der Waals surface area contributed by atoms with Crippen LogP contribution in [0.15, 0.2) is 28.8 Å². The number of benzene rings is 1. The lowest BCUT2D eigenvalue weighted by Crippen LogP contribution is -2.40. The molecule has 2 heterocycles. The van der Waals surface area contributed by atoms with Crippen LogP contribution in [0, 0.1) is 0 Å². The van der Waals surface area contributed by atoms with Gasteiger partial charge in [-0.25, -0.2) is 0 Å². The highest BCUT2D eigenvalue weighted by molar-refractivity contribution is 5.89. The number of hydrogen-bond acceptors (Lipinski definition) is 6. The molecule has 1 unspecified atom stereocenters. The van der Waals surface area contributed by atoms with Crippen molar-refractivity contribution in [3.63, 3.8) is 0 Å². The van der Waals surface area contributed by atoms with E-state index in [1.165, 1.54) is 6.42 Å². The SMILES string of the molecule is CCN1CCCC1CNC(=O)c1nc(-c2ccc(N(C)C)cc2)no1. The van der Waals surface area contributed by atoms with Gasteiger partial charge in [0.05, 0.1) is 0 Å². The van der Waals surface area contributed by atoms with Crippen molar-refractivity contribution in [2.24, 2.45) is 0 Å². The molecular weight excluding hydrogens is 318 g/mol. The second-order valence-electron chi connectivity index (χ2n) is 6.50. The molecule has 1 N–H and O–H groups in total. The number of nitrogens with one attached hydrogen (secondary N) is 1. The number of carbonyl (C=O) groups excluding carboxylic acids is 1. The Morgan fingerprint density at radius 2 is 2.12 bits per heavy atom. The van der Waals surface area contributed by atoms with Crippen LogP contribution in [-0.2, 0) is 0 Å². The van der Waals surface area contributed by atoms with Crippen LogP contribution in [0.3, 0.4) is 0 Å². The maximum absolute atomic E-state index is 12.3. The maximum Gasteiger partial charge on any atom is 0.316 e. The molecule has 1 saturated heterocycles. The summed E-state index contributed by atoms with van der Waals surface area (Å²) in [7, 11) is 3.96. The van der Waals surface area contributed by atoms with Crippen LogP contribution in [-0.4, -0.2) is 60.7 Å². The maximum atomic E-state index is 12.3. The van der Waals surface area contributed by atoms with Crippen molar-refractivity contribution in [3.8, 4) is 11.4 Å². The summed E-state index contributed by atoms with van der Waals surface area (Å²) in [6.45, 7) is 4.87. The van der Waals surface area contributed by atoms with Crippen LogP contribution in [0.25, 0.3) is 11.4 Å². The number of likely N-dealkylation sites (N-methyl/N-ethyl adjacent to an activating group) is 1. The first-order valence-corrected chi connectivity index (χ1v) is 8.72. The number of carbonyl (C=O) groups is 1. The van der Waals surface area contributed by atoms with Gasteiger partial charge in [0.1, 0.15) is 0 Å². The van der Waals surface area contributed by atoms with Gasteiger partial charge in [0.2, 0.25) is 5.82 Å². The van der Waals surface area contributed by atoms with Gasteiger partial charge in [0.25, 0.3) is 0 Å². The number of amides is 1. The third-order valence-electron chi connectivity index (χ3n) is 4.67. The number of anilines is 1. The molecule has 1 atom stereocenters. The van der Waals surface area contributed by atoms with E-state index < -0.39 is 0 Å². The Hall–Kier alpha value is -2.41. The normalized spacial score (nSPS) is 17.6. The number of likely N-dealkylation sites (tertiary alicyclic amines) is 1. The highest BCUT2D eigenvalue weighted by Gasteiger charge is 2.24. The van der Waals surface area contributed by atoms with Crippen LogP contribution in [0.1, 0.15) is 30.5 Å². The monoisotopic (exact) mass is 343 g/mol. The van der Waals surface area contributed by atoms with E-state index in [0.29, 0.717) is 18.4 Å². The van der Waals surface area contributed by atoms with Crippen LogP contribution in [0.4, 0.5) is 5.69 Å². The van der Waals surface area contributed by atoms with Gasteiger partial charge in [-0.2, -0.15) is 4.98 Å². The van der Waals surface area contributed by atoms with E-state index in [0.717, 1.165) is 30.8 Å². The first kappa shape index (κ1) is 17.4. The van der Waals surface area contributed by atoms with E-state index in [1.54, 1.807) is 0 Å². The van der Waals surface area contributed by atoms with Gasteiger partial charge in [0.15, 0.2) is 0 Å². The van der Waals surface area contributed by atoms with Crippen molar-refractivity contribution in [1.29, 1.82) is 0 Å². The Labute approximate surface area is 148 Å². The third-order valence-corrected chi connectivity index (χ3v) is 4.67. The summed E-state index contributed by atoms with van der Waals surface area (Å²) in [5.74, 6) is 0.117. The molecule has 0 bridgehead atoms. The number of nitrogens with zero attached hydrogens (tertiary/aromatic N) is 4. The van der Waals surface area contributed by atoms with Crippen molar-refractivity contribution >= 4 is 11.6 Å². The van der Waals surface area contributed by atoms with E-state index in [-0.39, 0.29) is 11.8 Å². The zero-order chi connectivity index (χ0) is 17.8. The first-order chi connectivity index (χ1) is 12.1. The molecule has 1 aliphatic rings. The predicted molar refractivity (Wildman–Crippen MR) is 96.7 cm³/mol. The highest BCUT2D eigenvalue weighted by Crippen LogP contribution is 2.20. The molecule has 25 heavy (non-hydrogen) atoms. The van der Waals surface area contributed by atoms with Crippen molar-refractivity contribution < 1.29 is 9.32 Å². The smallest absolute Gasteiger partial charge is 0.316 e. The van der Waals surface area contributed by atoms with Crippen molar-refractivity contribution in [1.82, 2.24) is 20.4 Å². The molecule has 1 amide bonds. The first-order valence-electron chi connectivity index (χ1n) is 8.72. The summed E-state index contributed by atoms with van der Waals surface area (Å²) in [6.07, 6.45) is 2.30. The average Bonchev–Trinajstić information content (AvgIpc) is 3.29. The Morgan fingerprint density at radius 3 is 2.80 bits per heavy atom. The molecule has 134 valence electrons. The fraction of sp³-hybridized carbons (Fsp3) is 0.500. The van der Waals surface area contributed by atoms with Crippen LogP contribution in [0.5, 0.6) is 0 Å². The standard InChI is InChI=1S/C18H25N5O2/c1-4-23-11-5-6-15(23)12-19-17(24)18-20-16(21-25-18)13-7-9-14(10-8-13)22(2)3/h7-10,15H,4-6,11-12H2,1-3H3,(H,19,24). The molecule has 1 aromatic carbocycles. The number of rotatable bonds is 6. The Morgan fingerprint density at radius 1 is 1.36 bits per heavy atom. The van der Waals surface area contributed by atoms with Crippen LogP contribution in [0.2, 0.25) is 0 Å². The topological polar surface area (TPSA) is 74.5 Å². The van der Waals surface area contributed by atoms with Crippen LogP contribution >= 0.6 is 0 Å². The van der Waals surface area contributed by atoms with Crippen molar-refractivity contribution in [2.45, 2.75) is 25.8 Å². The fourth-order valence-electron chi connectivity index (χ4n) is 3.17. The van der Waals surface area contributed by atoms with Gasteiger partial charge in [-0.3, -0.25) is 9.69 Å². The Bertz CT molecular complexity index is 711. The summed E-state index contributed by atoms with van der Waals surface area (Å²) in [5, 5.41) is 6.83. The molecule has 0 aliphatic carbocycles. The molecule has 7 nitrogen and oxygen atoms in total. The highest BCUT2D eigenvalue weighted by atomic mass is 16.5. The summed E-state index contributed by atoms with van der Waals surface area (Å²) >= 11 is 0. The molecule has 1 fully saturated rings. The van der Waals surface area contributed by atoms with Crippen molar-refractivity contribution in [3.05, 3.63) is 30.2 Å². The molecule has 7 heteroatoms. The van der Waals surface area contributed by atoms with Gasteiger partial charge in [-0.15, -0.1) is 0 Å². The lowest BCUT2D eigenvalue weighted by atomic mass is 10.2. The van der Waals surface area contributed by atoms with Gasteiger partial charge in [-0.1, -0.05) is 12.1 Å². The Kier molecular flexibility index (Phi) is 5.33. The summed E-state index contributed by atoms with van der Waals surface area (Å²) in [5.41, 5.74) is 1.91. The minimum absolute atomic E-state index is 0.00716. The Balaban J connectivity index is 1.61. The van der Waals surface area contributed by atoms with Gasteiger partial charge in [0, 0.05) is 37.9 Å². The van der Waals surface area contributed by atoms with Gasteiger partial charge >= 0.3 is 11.8 Å². The summed E-state index contributed by atoms with van der Waals surface area (Å²) < 4.78 is 5.13. The quantitative estimate of drug-likeness (QED) is 0.865. The molecule has 1 aliphatic heterocycles. The zero-order valence-corrected chi connectivity index (χ0v) is 15.0. The van der Waals surface area contributed by atoms with Gasteiger partial charge < -0.3 is 14.7 Å². The summed E-state index contributed by atoms with van der Waals surface area (Å²) in [6, 6.07) is 8.18. The largest absolute Gasteiger partial charge is 0.378 e. The molecule has 0 spiro atoms. The van der Waals surface area contributed by atoms with Crippen molar-refractivity contribution in [2.75, 3.05) is 38.6 Å². The summed E-state index contributed by atoms with van der Waals surface area (Å²) in [4.78, 5) is 20.9. The van der Waals surface area contributed by atoms with Crippen LogP contribution < -0.4 is 10.2 Å². The van der Waals surface area contributed by atoms with Gasteiger partial charge in [-0.05, 0) is 50.2 Å². The van der Waals surface area contributed by atoms with E-state index in [2.05, 4.69) is 27.3 Å². The minimum Gasteiger partial charge on any atom is -0.378 e. The van der Waals surface area contributed by atoms with E-state index in [1.807, 2.05) is 43.3 Å². The molecule has 1 aromatic heterocycles. The van der Waals surface area contributed by atoms with E-state index >= 15 is 0 Å². The third kappa shape index (κ3) is 3.99. The lowest BCUT2D eigenvalue weighted by Gasteiger charge is -2.22. The second kappa shape index (κ2) is 7.65. The lowest BCUT2D eigenvalue weighted by molar-refractivity contribution is 0.0897. The fourth-order valence-corrected chi connectivity index (χ4v) is 3.17. The second-order valence-corrected chi connectivity index (χ2v) is 6.50. The molecule has 0 radical (unpaired) electrons. The average molecular weight is 343 g/mol. The van der Waals surface area contributed by atoms with E-state index in [9.17, 15) is 4.79 Å². The zero-order valence-electron chi connectivity index (χ0n) is 15.0. The molecular formula is C18H25N5O2. The minimum atomic E-state index is -0.313. The molecule has 3 rings (SSSR count). The molecule has 2 aromatic rings.